The molecular weight excluding hydrogens is 881 g/mol. The molecule has 7 fully saturated rings. The molecule has 25 atom stereocenters. The van der Waals surface area contributed by atoms with Gasteiger partial charge in [-0.1, -0.05) is 39.3 Å². The van der Waals surface area contributed by atoms with E-state index in [-0.39, 0.29) is 47.2 Å². The normalized spacial score (nSPS) is 53.5. The van der Waals surface area contributed by atoms with Crippen LogP contribution in [0.25, 0.3) is 0 Å². The molecule has 3 heterocycles. The molecule has 19 nitrogen and oxygen atoms in total. The topological polar surface area (TPSA) is 318 Å². The lowest BCUT2D eigenvalue weighted by atomic mass is 9.33. The highest BCUT2D eigenvalue weighted by Gasteiger charge is 2.71. The van der Waals surface area contributed by atoms with Crippen LogP contribution in [0.2, 0.25) is 0 Å². The van der Waals surface area contributed by atoms with Crippen molar-refractivity contribution in [3.05, 3.63) is 11.6 Å². The number of fused-ring (bicyclic) bond motifs is 5. The Morgan fingerprint density at radius 3 is 1.72 bits per heavy atom. The maximum absolute atomic E-state index is 12.3. The van der Waals surface area contributed by atoms with Crippen LogP contribution in [0.15, 0.2) is 11.6 Å². The first-order chi connectivity index (χ1) is 31.5. The summed E-state index contributed by atoms with van der Waals surface area (Å²) in [6.07, 6.45) is -16.5. The second-order valence-electron chi connectivity index (χ2n) is 22.6. The fourth-order valence-electron chi connectivity index (χ4n) is 14.7. The number of hydrogen-bond acceptors (Lipinski definition) is 19. The van der Waals surface area contributed by atoms with Crippen molar-refractivity contribution in [2.75, 3.05) is 33.0 Å². The molecule has 3 aliphatic heterocycles. The number of aliphatic hydroxyl groups is 13. The number of rotatable bonds is 14. The summed E-state index contributed by atoms with van der Waals surface area (Å²) in [5.41, 5.74) is -1.28. The van der Waals surface area contributed by atoms with Crippen LogP contribution in [-0.2, 0) is 28.4 Å². The summed E-state index contributed by atoms with van der Waals surface area (Å²) >= 11 is 0. The van der Waals surface area contributed by atoms with Crippen molar-refractivity contribution in [3.8, 4) is 0 Å². The lowest BCUT2D eigenvalue weighted by Gasteiger charge is -2.72. The molecular formula is C48H82O19. The molecule has 7 rings (SSSR count). The first-order valence-corrected chi connectivity index (χ1v) is 24.6. The molecule has 67 heavy (non-hydrogen) atoms. The second-order valence-corrected chi connectivity index (χ2v) is 22.6. The predicted molar refractivity (Wildman–Crippen MR) is 235 cm³/mol. The van der Waals surface area contributed by atoms with Crippen molar-refractivity contribution in [1.29, 1.82) is 0 Å². The molecule has 0 aromatic carbocycles. The number of aliphatic hydroxyl groups excluding tert-OH is 13. The number of hydrogen-bond donors (Lipinski definition) is 13. The van der Waals surface area contributed by atoms with Gasteiger partial charge < -0.3 is 94.8 Å². The van der Waals surface area contributed by atoms with E-state index in [1.54, 1.807) is 0 Å². The van der Waals surface area contributed by atoms with E-state index < -0.39 is 135 Å². The molecule has 4 saturated carbocycles. The van der Waals surface area contributed by atoms with Gasteiger partial charge in [0.1, 0.15) is 73.2 Å². The zero-order valence-corrected chi connectivity index (χ0v) is 40.0. The Hall–Kier alpha value is -1.02. The van der Waals surface area contributed by atoms with Crippen molar-refractivity contribution in [3.63, 3.8) is 0 Å². The lowest BCUT2D eigenvalue weighted by molar-refractivity contribution is -0.382. The minimum atomic E-state index is -1.87. The fourth-order valence-corrected chi connectivity index (χ4v) is 14.7. The van der Waals surface area contributed by atoms with Crippen molar-refractivity contribution in [1.82, 2.24) is 0 Å². The Morgan fingerprint density at radius 2 is 1.13 bits per heavy atom. The largest absolute Gasteiger partial charge is 0.396 e. The highest BCUT2D eigenvalue weighted by atomic mass is 16.8. The molecule has 13 N–H and O–H groups in total. The van der Waals surface area contributed by atoms with E-state index >= 15 is 0 Å². The highest BCUT2D eigenvalue weighted by Crippen LogP contribution is 2.75. The Kier molecular flexibility index (Phi) is 16.4. The average molecular weight is 963 g/mol. The molecule has 0 bridgehead atoms. The molecule has 388 valence electrons. The van der Waals surface area contributed by atoms with Gasteiger partial charge in [0.05, 0.1) is 45.2 Å². The van der Waals surface area contributed by atoms with Crippen LogP contribution in [0.4, 0.5) is 0 Å². The standard InChI is InChI=1S/C48H82O19/c1-23(2)8-7-13-48(21-52)17-16-46(5)24(40(48)61)9-10-29-44(3)14-12-30(45(4,28(44)11-15-47(29,46)6)22-62-41-37(59)34(56)31(53)25(18-49)63-41)66-43-39(36(58)33(55)27(20-51)65-43)67-42-38(60)35(57)32(54)26(19-50)64-42/h8,24-43,49-61H,7,9-22H2,1-6H3/t24-,25-,26-,27-,28-,29-,30+,31-,32-,33-,34+,35+,36+,37-,38-,39-,40-,41-,42+,43+,44+,45+,46-,47-,48+/m1/s1. The van der Waals surface area contributed by atoms with Gasteiger partial charge in [-0.3, -0.25) is 0 Å². The number of allylic oxidation sites excluding steroid dienone is 2. The highest BCUT2D eigenvalue weighted by molar-refractivity contribution is 5.19. The van der Waals surface area contributed by atoms with Gasteiger partial charge in [-0.2, -0.15) is 0 Å². The van der Waals surface area contributed by atoms with Crippen molar-refractivity contribution >= 4 is 0 Å². The van der Waals surface area contributed by atoms with Crippen molar-refractivity contribution in [2.45, 2.75) is 210 Å². The molecule has 0 radical (unpaired) electrons. The van der Waals surface area contributed by atoms with Crippen LogP contribution >= 0.6 is 0 Å². The molecule has 0 amide bonds. The summed E-state index contributed by atoms with van der Waals surface area (Å²) in [7, 11) is 0. The quantitative estimate of drug-likeness (QED) is 0.0730. The summed E-state index contributed by atoms with van der Waals surface area (Å²) in [6, 6.07) is 0. The van der Waals surface area contributed by atoms with Crippen LogP contribution in [0.3, 0.4) is 0 Å². The monoisotopic (exact) mass is 963 g/mol. The van der Waals surface area contributed by atoms with Gasteiger partial charge in [0.15, 0.2) is 18.9 Å². The van der Waals surface area contributed by atoms with Crippen molar-refractivity contribution < 1.29 is 94.8 Å². The Balaban J connectivity index is 1.21. The van der Waals surface area contributed by atoms with Crippen LogP contribution in [0.1, 0.15) is 106 Å². The van der Waals surface area contributed by atoms with E-state index in [0.29, 0.717) is 32.1 Å². The van der Waals surface area contributed by atoms with Gasteiger partial charge in [-0.05, 0) is 112 Å². The SMILES string of the molecule is CC(C)=CCC[C@@]1(CO)CC[C@]2(C)[C@H](CC[C@@H]3[C@@]4(C)CC[C@H](O[C@@H]5O[C@H](CO)[C@@H](O)[C@H](O)[C@H]5O[C@@H]5O[C@H](CO)[C@@H](O)[C@H](O)[C@H]5O)[C@@](C)(CO[C@@H]5O[C@H](CO)[C@@H](O)[C@H](O)[C@H]5O)[C@@H]4CC[C@]32C)[C@H]1O. The first-order valence-electron chi connectivity index (χ1n) is 24.6. The fraction of sp³-hybridized carbons (Fsp3) is 0.958. The van der Waals surface area contributed by atoms with E-state index in [2.05, 4.69) is 40.7 Å². The maximum atomic E-state index is 12.3. The predicted octanol–water partition coefficient (Wildman–Crippen LogP) is -1.05. The average Bonchev–Trinajstić information content (AvgIpc) is 3.29. The Morgan fingerprint density at radius 1 is 0.567 bits per heavy atom. The third kappa shape index (κ3) is 9.13. The molecule has 4 aliphatic carbocycles. The maximum Gasteiger partial charge on any atom is 0.187 e. The third-order valence-corrected chi connectivity index (χ3v) is 19.0. The summed E-state index contributed by atoms with van der Waals surface area (Å²) in [6.45, 7) is 10.7. The van der Waals surface area contributed by atoms with E-state index in [9.17, 15) is 66.4 Å². The van der Waals surface area contributed by atoms with Crippen LogP contribution in [-0.4, -0.2) is 204 Å². The molecule has 0 unspecified atom stereocenters. The van der Waals surface area contributed by atoms with E-state index in [4.69, 9.17) is 28.4 Å². The molecule has 19 heteroatoms. The molecule has 0 aromatic rings. The van der Waals surface area contributed by atoms with E-state index in [1.807, 2.05) is 6.92 Å². The van der Waals surface area contributed by atoms with Crippen LogP contribution in [0.5, 0.6) is 0 Å². The molecule has 7 aliphatic rings. The van der Waals surface area contributed by atoms with Gasteiger partial charge in [-0.25, -0.2) is 0 Å². The first kappa shape index (κ1) is 53.8. The summed E-state index contributed by atoms with van der Waals surface area (Å²) in [5.74, 6) is -0.0584. The smallest absolute Gasteiger partial charge is 0.187 e. The zero-order valence-electron chi connectivity index (χ0n) is 40.0. The zero-order chi connectivity index (χ0) is 49.2. The summed E-state index contributed by atoms with van der Waals surface area (Å²) < 4.78 is 36.9. The van der Waals surface area contributed by atoms with Gasteiger partial charge >= 0.3 is 0 Å². The van der Waals surface area contributed by atoms with Gasteiger partial charge in [0.25, 0.3) is 0 Å². The summed E-state index contributed by atoms with van der Waals surface area (Å²) in [5, 5.41) is 140. The number of ether oxygens (including phenoxy) is 6. The van der Waals surface area contributed by atoms with Crippen molar-refractivity contribution in [2.24, 2.45) is 44.8 Å². The third-order valence-electron chi connectivity index (χ3n) is 19.0. The van der Waals surface area contributed by atoms with Crippen LogP contribution < -0.4 is 0 Å². The Labute approximate surface area is 393 Å². The van der Waals surface area contributed by atoms with Gasteiger partial charge in [-0.15, -0.1) is 0 Å². The minimum Gasteiger partial charge on any atom is -0.396 e. The minimum absolute atomic E-state index is 0.0348. The summed E-state index contributed by atoms with van der Waals surface area (Å²) in [4.78, 5) is 0. The molecule has 0 spiro atoms. The van der Waals surface area contributed by atoms with Gasteiger partial charge in [0.2, 0.25) is 0 Å². The molecule has 0 aromatic heterocycles. The second kappa shape index (κ2) is 20.5. The lowest BCUT2D eigenvalue weighted by Crippen LogP contribution is -2.69. The van der Waals surface area contributed by atoms with E-state index in [1.165, 1.54) is 5.57 Å². The van der Waals surface area contributed by atoms with E-state index in [0.717, 1.165) is 32.1 Å². The molecule has 3 saturated heterocycles. The Bertz CT molecular complexity index is 1680. The van der Waals surface area contributed by atoms with Crippen LogP contribution in [0, 0.1) is 44.8 Å². The van der Waals surface area contributed by atoms with Gasteiger partial charge in [0, 0.05) is 10.8 Å².